The van der Waals surface area contributed by atoms with Crippen molar-refractivity contribution in [2.24, 2.45) is 10.2 Å². The van der Waals surface area contributed by atoms with Gasteiger partial charge in [-0.25, -0.2) is 0 Å². The van der Waals surface area contributed by atoms with Gasteiger partial charge in [-0.15, -0.1) is 0 Å². The molecule has 0 saturated heterocycles. The largest absolute Gasteiger partial charge is 0.416 e. The summed E-state index contributed by atoms with van der Waals surface area (Å²) in [6.07, 6.45) is -4.34. The Morgan fingerprint density at radius 1 is 0.842 bits per heavy atom. The zero-order valence-electron chi connectivity index (χ0n) is 9.53. The lowest BCUT2D eigenvalue weighted by Crippen LogP contribution is -2.03. The van der Waals surface area contributed by atoms with Crippen LogP contribution >= 0.6 is 11.6 Å². The van der Waals surface area contributed by atoms with Crippen molar-refractivity contribution in [1.82, 2.24) is 0 Å². The van der Waals surface area contributed by atoms with Crippen molar-refractivity contribution in [3.05, 3.63) is 59.1 Å². The Kier molecular flexibility index (Phi) is 3.85. The minimum absolute atomic E-state index is 0.341. The summed E-state index contributed by atoms with van der Waals surface area (Å²) >= 11 is 5.77. The van der Waals surface area contributed by atoms with Gasteiger partial charge in [0.05, 0.1) is 16.9 Å². The van der Waals surface area contributed by atoms with Crippen LogP contribution in [0.25, 0.3) is 0 Å². The fourth-order valence-corrected chi connectivity index (χ4v) is 1.56. The first-order chi connectivity index (χ1) is 8.95. The van der Waals surface area contributed by atoms with E-state index in [9.17, 15) is 13.2 Å². The Morgan fingerprint density at radius 3 is 2.05 bits per heavy atom. The van der Waals surface area contributed by atoms with E-state index < -0.39 is 11.7 Å². The van der Waals surface area contributed by atoms with E-state index in [-0.39, 0.29) is 0 Å². The summed E-state index contributed by atoms with van der Waals surface area (Å²) in [7, 11) is 0. The smallest absolute Gasteiger partial charge is 0.166 e. The van der Waals surface area contributed by atoms with E-state index in [0.29, 0.717) is 16.4 Å². The third kappa shape index (κ3) is 3.79. The minimum Gasteiger partial charge on any atom is -0.166 e. The number of benzene rings is 2. The average Bonchev–Trinajstić information content (AvgIpc) is 2.36. The van der Waals surface area contributed by atoms with Gasteiger partial charge < -0.3 is 0 Å². The van der Waals surface area contributed by atoms with Gasteiger partial charge in [-0.05, 0) is 42.5 Å². The molecule has 2 aromatic rings. The predicted molar refractivity (Wildman–Crippen MR) is 67.1 cm³/mol. The van der Waals surface area contributed by atoms with E-state index in [0.717, 1.165) is 12.1 Å². The molecule has 0 heterocycles. The Labute approximate surface area is 112 Å². The number of halogens is 4. The van der Waals surface area contributed by atoms with Crippen LogP contribution in [0.4, 0.5) is 24.5 Å². The summed E-state index contributed by atoms with van der Waals surface area (Å²) in [4.78, 5) is 0. The summed E-state index contributed by atoms with van der Waals surface area (Å²) in [6.45, 7) is 0. The van der Waals surface area contributed by atoms with Crippen molar-refractivity contribution in [2.45, 2.75) is 6.18 Å². The zero-order chi connectivity index (χ0) is 13.9. The Hall–Kier alpha value is -1.88. The van der Waals surface area contributed by atoms with Crippen molar-refractivity contribution in [3.63, 3.8) is 0 Å². The van der Waals surface area contributed by atoms with Gasteiger partial charge in [0, 0.05) is 5.02 Å². The number of azo groups is 1. The molecule has 0 spiro atoms. The monoisotopic (exact) mass is 284 g/mol. The van der Waals surface area contributed by atoms with Crippen molar-refractivity contribution in [2.75, 3.05) is 0 Å². The summed E-state index contributed by atoms with van der Waals surface area (Å²) in [5.74, 6) is 0. The molecule has 0 saturated carbocycles. The van der Waals surface area contributed by atoms with Gasteiger partial charge >= 0.3 is 6.18 Å². The molecule has 0 aliphatic carbocycles. The highest BCUT2D eigenvalue weighted by Gasteiger charge is 2.29. The Bertz CT molecular complexity index is 592. The first kappa shape index (κ1) is 13.5. The van der Waals surface area contributed by atoms with Gasteiger partial charge in [0.1, 0.15) is 0 Å². The van der Waals surface area contributed by atoms with E-state index in [2.05, 4.69) is 10.2 Å². The topological polar surface area (TPSA) is 24.7 Å². The van der Waals surface area contributed by atoms with Gasteiger partial charge in [-0.3, -0.25) is 0 Å². The number of hydrogen-bond donors (Lipinski definition) is 0. The maximum absolute atomic E-state index is 12.3. The van der Waals surface area contributed by atoms with Crippen LogP contribution in [0.3, 0.4) is 0 Å². The molecule has 0 atom stereocenters. The summed E-state index contributed by atoms with van der Waals surface area (Å²) in [5.41, 5.74) is 0.162. The lowest BCUT2D eigenvalue weighted by atomic mass is 10.2. The van der Waals surface area contributed by atoms with Crippen LogP contribution in [0.15, 0.2) is 58.8 Å². The number of nitrogens with zero attached hydrogens (tertiary/aromatic N) is 2. The van der Waals surface area contributed by atoms with Gasteiger partial charge in [0.25, 0.3) is 0 Å². The van der Waals surface area contributed by atoms with Crippen molar-refractivity contribution in [3.8, 4) is 0 Å². The molecular formula is C13H8ClF3N2. The number of rotatable bonds is 2. The third-order valence-electron chi connectivity index (χ3n) is 2.28. The van der Waals surface area contributed by atoms with Crippen molar-refractivity contribution < 1.29 is 13.2 Å². The highest BCUT2D eigenvalue weighted by Crippen LogP contribution is 2.30. The van der Waals surface area contributed by atoms with Gasteiger partial charge in [0.2, 0.25) is 0 Å². The molecule has 0 aliphatic heterocycles. The lowest BCUT2D eigenvalue weighted by molar-refractivity contribution is -0.137. The molecule has 98 valence electrons. The summed E-state index contributed by atoms with van der Waals surface area (Å²) < 4.78 is 37.0. The molecule has 0 unspecified atom stereocenters. The zero-order valence-corrected chi connectivity index (χ0v) is 10.3. The molecule has 0 bridgehead atoms. The number of hydrogen-bond acceptors (Lipinski definition) is 2. The van der Waals surface area contributed by atoms with Crippen LogP contribution in [0.1, 0.15) is 5.56 Å². The van der Waals surface area contributed by atoms with Crippen LogP contribution in [0, 0.1) is 0 Å². The fraction of sp³-hybridized carbons (Fsp3) is 0.0769. The van der Waals surface area contributed by atoms with Gasteiger partial charge in [-0.1, -0.05) is 17.7 Å². The summed E-state index contributed by atoms with van der Waals surface area (Å²) in [6, 6.07) is 11.2. The van der Waals surface area contributed by atoms with Crippen LogP contribution in [0.2, 0.25) is 5.02 Å². The molecule has 2 aromatic carbocycles. The molecule has 0 N–H and O–H groups in total. The predicted octanol–water partition coefficient (Wildman–Crippen LogP) is 5.77. The van der Waals surface area contributed by atoms with Gasteiger partial charge in [0.15, 0.2) is 0 Å². The second-order valence-corrected chi connectivity index (χ2v) is 4.16. The van der Waals surface area contributed by atoms with E-state index in [4.69, 9.17) is 11.6 Å². The molecule has 2 nitrogen and oxygen atoms in total. The minimum atomic E-state index is -4.34. The van der Waals surface area contributed by atoms with E-state index in [1.165, 1.54) is 12.1 Å². The molecule has 0 amide bonds. The average molecular weight is 285 g/mol. The van der Waals surface area contributed by atoms with E-state index in [1.807, 2.05) is 0 Å². The molecule has 19 heavy (non-hydrogen) atoms. The first-order valence-electron chi connectivity index (χ1n) is 5.30. The first-order valence-corrected chi connectivity index (χ1v) is 5.67. The lowest BCUT2D eigenvalue weighted by Gasteiger charge is -2.05. The molecule has 2 rings (SSSR count). The second-order valence-electron chi connectivity index (χ2n) is 3.72. The highest BCUT2D eigenvalue weighted by molar-refractivity contribution is 6.30. The third-order valence-corrected chi connectivity index (χ3v) is 2.52. The van der Waals surface area contributed by atoms with Crippen LogP contribution in [0.5, 0.6) is 0 Å². The maximum atomic E-state index is 12.3. The van der Waals surface area contributed by atoms with Crippen molar-refractivity contribution >= 4 is 23.0 Å². The Balaban J connectivity index is 2.16. The van der Waals surface area contributed by atoms with Crippen molar-refractivity contribution in [1.29, 1.82) is 0 Å². The SMILES string of the molecule is FC(F)(F)c1ccc(N=Nc2cccc(Cl)c2)cc1. The normalized spacial score (nSPS) is 12.0. The van der Waals surface area contributed by atoms with E-state index >= 15 is 0 Å². The quantitative estimate of drug-likeness (QED) is 0.625. The molecule has 0 aliphatic rings. The standard InChI is InChI=1S/C13H8ClF3N2/c14-10-2-1-3-12(8-10)19-18-11-6-4-9(5-7-11)13(15,16)17/h1-8H. The van der Waals surface area contributed by atoms with E-state index in [1.54, 1.807) is 24.3 Å². The highest BCUT2D eigenvalue weighted by atomic mass is 35.5. The van der Waals surface area contributed by atoms with Crippen LogP contribution < -0.4 is 0 Å². The number of alkyl halides is 3. The second kappa shape index (κ2) is 5.40. The molecule has 0 radical (unpaired) electrons. The maximum Gasteiger partial charge on any atom is 0.416 e. The van der Waals surface area contributed by atoms with Gasteiger partial charge in [-0.2, -0.15) is 23.4 Å². The Morgan fingerprint density at radius 2 is 1.47 bits per heavy atom. The van der Waals surface area contributed by atoms with Crippen LogP contribution in [-0.2, 0) is 6.18 Å². The molecular weight excluding hydrogens is 277 g/mol. The molecule has 6 heteroatoms. The summed E-state index contributed by atoms with van der Waals surface area (Å²) in [5, 5.41) is 8.25. The van der Waals surface area contributed by atoms with Crippen LogP contribution in [-0.4, -0.2) is 0 Å². The fourth-order valence-electron chi connectivity index (χ4n) is 1.37. The molecule has 0 aromatic heterocycles. The molecule has 0 fully saturated rings.